The lowest BCUT2D eigenvalue weighted by Gasteiger charge is -2.08. The largest absolute Gasteiger partial charge is 0.463 e. The molecule has 0 bridgehead atoms. The van der Waals surface area contributed by atoms with Gasteiger partial charge < -0.3 is 9.47 Å². The second kappa shape index (κ2) is 5.83. The van der Waals surface area contributed by atoms with E-state index in [1.54, 1.807) is 6.92 Å². The predicted molar refractivity (Wildman–Crippen MR) is 70.1 cm³/mol. The van der Waals surface area contributed by atoms with Crippen LogP contribution >= 0.6 is 0 Å². The SMILES string of the molecule is CCOC(=O)C1=Cc2c(CC)cccc2COC1. The van der Waals surface area contributed by atoms with Crippen molar-refractivity contribution < 1.29 is 14.3 Å². The molecule has 1 heterocycles. The third kappa shape index (κ3) is 2.62. The van der Waals surface area contributed by atoms with E-state index < -0.39 is 0 Å². The topological polar surface area (TPSA) is 35.5 Å². The average Bonchev–Trinajstić information content (AvgIpc) is 2.60. The fourth-order valence-electron chi connectivity index (χ4n) is 2.11. The Hall–Kier alpha value is -1.61. The number of carbonyl (C=O) groups excluding carboxylic acids is 1. The molecule has 0 amide bonds. The number of hydrogen-bond donors (Lipinski definition) is 0. The monoisotopic (exact) mass is 246 g/mol. The Kier molecular flexibility index (Phi) is 4.15. The zero-order valence-electron chi connectivity index (χ0n) is 10.9. The first-order valence-electron chi connectivity index (χ1n) is 6.32. The van der Waals surface area contributed by atoms with Gasteiger partial charge in [0.05, 0.1) is 25.4 Å². The molecule has 0 fully saturated rings. The van der Waals surface area contributed by atoms with Crippen LogP contribution in [0.3, 0.4) is 0 Å². The van der Waals surface area contributed by atoms with Crippen LogP contribution in [0.4, 0.5) is 0 Å². The van der Waals surface area contributed by atoms with Crippen molar-refractivity contribution in [1.29, 1.82) is 0 Å². The number of benzene rings is 1. The predicted octanol–water partition coefficient (Wildman–Crippen LogP) is 2.73. The highest BCUT2D eigenvalue weighted by molar-refractivity contribution is 5.94. The summed E-state index contributed by atoms with van der Waals surface area (Å²) in [5, 5.41) is 0. The maximum absolute atomic E-state index is 11.8. The Balaban J connectivity index is 2.40. The van der Waals surface area contributed by atoms with E-state index in [0.717, 1.165) is 17.5 Å². The molecule has 1 aliphatic heterocycles. The number of rotatable bonds is 3. The minimum absolute atomic E-state index is 0.281. The van der Waals surface area contributed by atoms with Crippen LogP contribution in [0.25, 0.3) is 6.08 Å². The molecule has 0 unspecified atom stereocenters. The molecule has 1 aromatic carbocycles. The highest BCUT2D eigenvalue weighted by Crippen LogP contribution is 2.23. The molecule has 18 heavy (non-hydrogen) atoms. The van der Waals surface area contributed by atoms with E-state index in [1.165, 1.54) is 5.56 Å². The Morgan fingerprint density at radius 3 is 2.89 bits per heavy atom. The number of carbonyl (C=O) groups is 1. The van der Waals surface area contributed by atoms with Gasteiger partial charge in [-0.25, -0.2) is 4.79 Å². The molecule has 0 atom stereocenters. The lowest BCUT2D eigenvalue weighted by Crippen LogP contribution is -2.11. The minimum atomic E-state index is -0.281. The van der Waals surface area contributed by atoms with Crippen LogP contribution in [0.2, 0.25) is 0 Å². The fourth-order valence-corrected chi connectivity index (χ4v) is 2.11. The Morgan fingerprint density at radius 2 is 2.17 bits per heavy atom. The van der Waals surface area contributed by atoms with Crippen LogP contribution in [0, 0.1) is 0 Å². The molecule has 0 radical (unpaired) electrons. The molecule has 3 nitrogen and oxygen atoms in total. The summed E-state index contributed by atoms with van der Waals surface area (Å²) in [7, 11) is 0. The van der Waals surface area contributed by atoms with E-state index in [1.807, 2.05) is 18.2 Å². The minimum Gasteiger partial charge on any atom is -0.463 e. The van der Waals surface area contributed by atoms with Gasteiger partial charge in [0, 0.05) is 0 Å². The van der Waals surface area contributed by atoms with E-state index in [4.69, 9.17) is 9.47 Å². The van der Waals surface area contributed by atoms with Gasteiger partial charge in [-0.2, -0.15) is 0 Å². The second-order valence-electron chi connectivity index (χ2n) is 4.23. The van der Waals surface area contributed by atoms with E-state index in [2.05, 4.69) is 13.0 Å². The van der Waals surface area contributed by atoms with Crippen molar-refractivity contribution in [3.05, 3.63) is 40.5 Å². The molecule has 0 aliphatic carbocycles. The summed E-state index contributed by atoms with van der Waals surface area (Å²) in [5.74, 6) is -0.281. The Morgan fingerprint density at radius 1 is 1.33 bits per heavy atom. The van der Waals surface area contributed by atoms with E-state index in [-0.39, 0.29) is 5.97 Å². The number of esters is 1. The zero-order chi connectivity index (χ0) is 13.0. The van der Waals surface area contributed by atoms with Crippen LogP contribution in [0.5, 0.6) is 0 Å². The van der Waals surface area contributed by atoms with Gasteiger partial charge in [-0.1, -0.05) is 25.1 Å². The molecule has 0 aromatic heterocycles. The summed E-state index contributed by atoms with van der Waals surface area (Å²) < 4.78 is 10.6. The number of ether oxygens (including phenoxy) is 2. The summed E-state index contributed by atoms with van der Waals surface area (Å²) in [6, 6.07) is 6.16. The summed E-state index contributed by atoms with van der Waals surface area (Å²) in [4.78, 5) is 11.8. The molecule has 1 aliphatic rings. The highest BCUT2D eigenvalue weighted by atomic mass is 16.5. The molecule has 0 spiro atoms. The van der Waals surface area contributed by atoms with Crippen molar-refractivity contribution in [3.8, 4) is 0 Å². The van der Waals surface area contributed by atoms with Gasteiger partial charge in [0.2, 0.25) is 0 Å². The van der Waals surface area contributed by atoms with Crippen LogP contribution in [-0.2, 0) is 27.3 Å². The van der Waals surface area contributed by atoms with Gasteiger partial charge in [0.15, 0.2) is 0 Å². The quantitative estimate of drug-likeness (QED) is 0.769. The Bertz CT molecular complexity index is 475. The maximum Gasteiger partial charge on any atom is 0.336 e. The molecular weight excluding hydrogens is 228 g/mol. The number of aryl methyl sites for hydroxylation is 1. The fraction of sp³-hybridized carbons (Fsp3) is 0.400. The lowest BCUT2D eigenvalue weighted by atomic mass is 9.98. The molecule has 0 N–H and O–H groups in total. The molecule has 0 saturated heterocycles. The molecular formula is C15H18O3. The van der Waals surface area contributed by atoms with Crippen molar-refractivity contribution in [1.82, 2.24) is 0 Å². The normalized spacial score (nSPS) is 14.4. The van der Waals surface area contributed by atoms with E-state index >= 15 is 0 Å². The van der Waals surface area contributed by atoms with Crippen LogP contribution in [0.1, 0.15) is 30.5 Å². The van der Waals surface area contributed by atoms with Gasteiger partial charge in [-0.05, 0) is 36.1 Å². The van der Waals surface area contributed by atoms with Gasteiger partial charge in [-0.3, -0.25) is 0 Å². The molecule has 3 heteroatoms. The van der Waals surface area contributed by atoms with Gasteiger partial charge in [0.1, 0.15) is 0 Å². The molecule has 2 rings (SSSR count). The smallest absolute Gasteiger partial charge is 0.336 e. The van der Waals surface area contributed by atoms with E-state index in [0.29, 0.717) is 25.4 Å². The van der Waals surface area contributed by atoms with Crippen molar-refractivity contribution in [2.24, 2.45) is 0 Å². The van der Waals surface area contributed by atoms with Crippen LogP contribution in [-0.4, -0.2) is 19.2 Å². The van der Waals surface area contributed by atoms with Crippen molar-refractivity contribution in [2.75, 3.05) is 13.2 Å². The molecule has 96 valence electrons. The van der Waals surface area contributed by atoms with Crippen LogP contribution in [0.15, 0.2) is 23.8 Å². The standard InChI is InChI=1S/C15H18O3/c1-3-11-6-5-7-12-9-17-10-13(8-14(11)12)15(16)18-4-2/h5-8H,3-4,9-10H2,1-2H3. The maximum atomic E-state index is 11.8. The lowest BCUT2D eigenvalue weighted by molar-refractivity contribution is -0.139. The number of hydrogen-bond acceptors (Lipinski definition) is 3. The first kappa shape index (κ1) is 12.8. The average molecular weight is 246 g/mol. The molecule has 1 aromatic rings. The summed E-state index contributed by atoms with van der Waals surface area (Å²) in [6.07, 6.45) is 2.86. The third-order valence-electron chi connectivity index (χ3n) is 3.04. The molecule has 0 saturated carbocycles. The Labute approximate surface area is 107 Å². The van der Waals surface area contributed by atoms with Gasteiger partial charge in [-0.15, -0.1) is 0 Å². The summed E-state index contributed by atoms with van der Waals surface area (Å²) in [5.41, 5.74) is 4.07. The second-order valence-corrected chi connectivity index (χ2v) is 4.23. The van der Waals surface area contributed by atoms with Crippen molar-refractivity contribution >= 4 is 12.0 Å². The first-order chi connectivity index (χ1) is 8.76. The van der Waals surface area contributed by atoms with E-state index in [9.17, 15) is 4.79 Å². The van der Waals surface area contributed by atoms with Gasteiger partial charge >= 0.3 is 5.97 Å². The third-order valence-corrected chi connectivity index (χ3v) is 3.04. The number of fused-ring (bicyclic) bond motifs is 1. The summed E-state index contributed by atoms with van der Waals surface area (Å²) in [6.45, 7) is 5.17. The van der Waals surface area contributed by atoms with Crippen LogP contribution < -0.4 is 0 Å². The highest BCUT2D eigenvalue weighted by Gasteiger charge is 2.17. The first-order valence-corrected chi connectivity index (χ1v) is 6.32. The van der Waals surface area contributed by atoms with Crippen molar-refractivity contribution in [2.45, 2.75) is 26.9 Å². The summed E-state index contributed by atoms with van der Waals surface area (Å²) >= 11 is 0. The zero-order valence-corrected chi connectivity index (χ0v) is 10.9. The van der Waals surface area contributed by atoms with Gasteiger partial charge in [0.25, 0.3) is 0 Å². The van der Waals surface area contributed by atoms with Crippen molar-refractivity contribution in [3.63, 3.8) is 0 Å².